The fraction of sp³-hybridized carbons (Fsp3) is 0.238. The summed E-state index contributed by atoms with van der Waals surface area (Å²) in [6.07, 6.45) is 4.80. The van der Waals surface area contributed by atoms with Crippen molar-refractivity contribution < 1.29 is 22.2 Å². The van der Waals surface area contributed by atoms with E-state index in [9.17, 15) is 18.0 Å². The number of imide groups is 1. The maximum absolute atomic E-state index is 13.1. The Balaban J connectivity index is 1.52. The Kier molecular flexibility index (Phi) is 4.47. The van der Waals surface area contributed by atoms with Gasteiger partial charge in [-0.1, -0.05) is 47.5 Å². The summed E-state index contributed by atoms with van der Waals surface area (Å²) in [5, 5.41) is 0.123. The van der Waals surface area contributed by atoms with Gasteiger partial charge < -0.3 is 4.18 Å². The molecule has 1 saturated heterocycles. The molecule has 6 nitrogen and oxygen atoms in total. The van der Waals surface area contributed by atoms with Crippen LogP contribution in [-0.2, 0) is 19.7 Å². The maximum atomic E-state index is 13.1. The minimum Gasteiger partial charge on any atom is -0.377 e. The van der Waals surface area contributed by atoms with Crippen LogP contribution in [0.25, 0.3) is 0 Å². The van der Waals surface area contributed by atoms with Crippen molar-refractivity contribution in [1.82, 2.24) is 0 Å². The molecule has 0 radical (unpaired) electrons. The number of carbonyl (C=O) groups is 2. The Bertz CT molecular complexity index is 1200. The highest BCUT2D eigenvalue weighted by molar-refractivity contribution is 7.87. The van der Waals surface area contributed by atoms with Crippen LogP contribution in [-0.4, -0.2) is 20.2 Å². The highest BCUT2D eigenvalue weighted by Crippen LogP contribution is 2.54. The second-order valence-corrected chi connectivity index (χ2v) is 9.95. The van der Waals surface area contributed by atoms with E-state index in [0.29, 0.717) is 0 Å². The Morgan fingerprint density at radius 2 is 1.57 bits per heavy atom. The van der Waals surface area contributed by atoms with Gasteiger partial charge in [0.25, 0.3) is 0 Å². The van der Waals surface area contributed by atoms with Gasteiger partial charge in [0.2, 0.25) is 11.8 Å². The first kappa shape index (κ1) is 19.6. The molecular formula is C21H15Cl2NO5S. The molecule has 0 spiro atoms. The molecular weight excluding hydrogens is 449 g/mol. The van der Waals surface area contributed by atoms with E-state index in [-0.39, 0.29) is 50.0 Å². The zero-order valence-corrected chi connectivity index (χ0v) is 17.7. The molecule has 30 heavy (non-hydrogen) atoms. The highest BCUT2D eigenvalue weighted by atomic mass is 35.5. The molecule has 2 aromatic rings. The third-order valence-corrected chi connectivity index (χ3v) is 7.89. The molecule has 9 heteroatoms. The molecule has 1 heterocycles. The number of hydrogen-bond acceptors (Lipinski definition) is 5. The predicted molar refractivity (Wildman–Crippen MR) is 111 cm³/mol. The van der Waals surface area contributed by atoms with Crippen LogP contribution in [0, 0.1) is 23.7 Å². The van der Waals surface area contributed by atoms with E-state index in [1.807, 2.05) is 12.2 Å². The minimum atomic E-state index is -4.36. The second kappa shape index (κ2) is 6.83. The maximum Gasteiger partial charge on any atom is 0.340 e. The average Bonchev–Trinajstić information content (AvgIpc) is 3.38. The fourth-order valence-corrected chi connectivity index (χ4v) is 6.37. The molecule has 1 aliphatic heterocycles. The topological polar surface area (TPSA) is 80.8 Å². The first-order valence-corrected chi connectivity index (χ1v) is 11.5. The van der Waals surface area contributed by atoms with Crippen molar-refractivity contribution in [1.29, 1.82) is 0 Å². The molecule has 0 aromatic heterocycles. The van der Waals surface area contributed by atoms with Crippen LogP contribution in [0.3, 0.4) is 0 Å². The van der Waals surface area contributed by atoms with Crippen molar-refractivity contribution >= 4 is 50.8 Å². The summed E-state index contributed by atoms with van der Waals surface area (Å²) in [4.78, 5) is 27.0. The zero-order valence-electron chi connectivity index (χ0n) is 15.4. The zero-order chi connectivity index (χ0) is 21.2. The third kappa shape index (κ3) is 2.87. The first-order chi connectivity index (χ1) is 14.3. The Morgan fingerprint density at radius 1 is 0.933 bits per heavy atom. The standard InChI is InChI=1S/C21H15Cl2NO5S/c22-13-7-8-14(23)17(10-13)30(27,28)29-16-4-2-1-3-15(16)24-20(25)18-11-5-6-12(9-11)19(18)21(24)26/h1-8,10-12,18-19H,9H2. The largest absolute Gasteiger partial charge is 0.377 e. The number of benzene rings is 2. The highest BCUT2D eigenvalue weighted by Gasteiger charge is 2.60. The lowest BCUT2D eigenvalue weighted by atomic mass is 9.85. The monoisotopic (exact) mass is 463 g/mol. The van der Waals surface area contributed by atoms with Gasteiger partial charge in [0.15, 0.2) is 5.75 Å². The molecule has 4 unspecified atom stereocenters. The van der Waals surface area contributed by atoms with Crippen LogP contribution < -0.4 is 9.08 Å². The molecule has 2 bridgehead atoms. The smallest absolute Gasteiger partial charge is 0.340 e. The number of para-hydroxylation sites is 2. The van der Waals surface area contributed by atoms with E-state index in [2.05, 4.69) is 0 Å². The van der Waals surface area contributed by atoms with Gasteiger partial charge in [-0.3, -0.25) is 9.59 Å². The van der Waals surface area contributed by atoms with Crippen LogP contribution in [0.1, 0.15) is 6.42 Å². The van der Waals surface area contributed by atoms with E-state index >= 15 is 0 Å². The number of rotatable bonds is 4. The molecule has 2 fully saturated rings. The summed E-state index contributed by atoms with van der Waals surface area (Å²) in [5.74, 6) is -1.49. The van der Waals surface area contributed by atoms with Crippen molar-refractivity contribution in [2.45, 2.75) is 11.3 Å². The van der Waals surface area contributed by atoms with Gasteiger partial charge in [0.05, 0.1) is 22.5 Å². The molecule has 2 aliphatic carbocycles. The number of nitrogens with zero attached hydrogens (tertiary/aromatic N) is 1. The van der Waals surface area contributed by atoms with Crippen molar-refractivity contribution in [3.05, 3.63) is 64.7 Å². The van der Waals surface area contributed by atoms with E-state index in [1.54, 1.807) is 12.1 Å². The average molecular weight is 464 g/mol. The summed E-state index contributed by atoms with van der Waals surface area (Å²) in [7, 11) is -4.36. The van der Waals surface area contributed by atoms with Crippen LogP contribution in [0.15, 0.2) is 59.5 Å². The van der Waals surface area contributed by atoms with Gasteiger partial charge in [0, 0.05) is 5.02 Å². The van der Waals surface area contributed by atoms with Crippen LogP contribution in [0.2, 0.25) is 10.0 Å². The third-order valence-electron chi connectivity index (χ3n) is 5.94. The van der Waals surface area contributed by atoms with Gasteiger partial charge in [-0.2, -0.15) is 8.42 Å². The molecule has 3 aliphatic rings. The van der Waals surface area contributed by atoms with Crippen LogP contribution in [0.5, 0.6) is 5.75 Å². The number of fused-ring (bicyclic) bond motifs is 5. The molecule has 2 amide bonds. The molecule has 5 rings (SSSR count). The summed E-state index contributed by atoms with van der Waals surface area (Å²) >= 11 is 11.9. The summed E-state index contributed by atoms with van der Waals surface area (Å²) in [6.45, 7) is 0. The Morgan fingerprint density at radius 3 is 2.23 bits per heavy atom. The summed E-state index contributed by atoms with van der Waals surface area (Å²) in [6, 6.07) is 10.1. The number of allylic oxidation sites excluding steroid dienone is 2. The number of halogens is 2. The number of carbonyl (C=O) groups excluding carboxylic acids is 2. The van der Waals surface area contributed by atoms with Gasteiger partial charge >= 0.3 is 10.1 Å². The van der Waals surface area contributed by atoms with Crippen LogP contribution >= 0.6 is 23.2 Å². The van der Waals surface area contributed by atoms with E-state index in [0.717, 1.165) is 11.3 Å². The SMILES string of the molecule is O=C1C2C3C=CC(C3)C2C(=O)N1c1ccccc1OS(=O)(=O)c1cc(Cl)ccc1Cl. The lowest BCUT2D eigenvalue weighted by Crippen LogP contribution is -2.33. The second-order valence-electron chi connectivity index (χ2n) is 7.59. The van der Waals surface area contributed by atoms with Gasteiger partial charge in [-0.15, -0.1) is 0 Å². The Hall–Kier alpha value is -2.35. The summed E-state index contributed by atoms with van der Waals surface area (Å²) in [5.41, 5.74) is 0.100. The molecule has 1 saturated carbocycles. The molecule has 4 atom stereocenters. The first-order valence-electron chi connectivity index (χ1n) is 9.32. The molecule has 0 N–H and O–H groups in total. The summed E-state index contributed by atoms with van der Waals surface area (Å²) < 4.78 is 31.0. The molecule has 2 aromatic carbocycles. The van der Waals surface area contributed by atoms with Crippen molar-refractivity contribution in [3.8, 4) is 5.75 Å². The van der Waals surface area contributed by atoms with Crippen molar-refractivity contribution in [3.63, 3.8) is 0 Å². The van der Waals surface area contributed by atoms with Crippen molar-refractivity contribution in [2.24, 2.45) is 23.7 Å². The van der Waals surface area contributed by atoms with Gasteiger partial charge in [-0.05, 0) is 48.6 Å². The number of anilines is 1. The fourth-order valence-electron chi connectivity index (χ4n) is 4.68. The normalized spacial score (nSPS) is 27.1. The lowest BCUT2D eigenvalue weighted by molar-refractivity contribution is -0.123. The minimum absolute atomic E-state index is 0.0449. The quantitative estimate of drug-likeness (QED) is 0.387. The Labute approximate surface area is 183 Å². The van der Waals surface area contributed by atoms with E-state index in [4.69, 9.17) is 27.4 Å². The predicted octanol–water partition coefficient (Wildman–Crippen LogP) is 4.07. The van der Waals surface area contributed by atoms with Crippen molar-refractivity contribution in [2.75, 3.05) is 4.90 Å². The van der Waals surface area contributed by atoms with Gasteiger partial charge in [0.1, 0.15) is 4.90 Å². The number of hydrogen-bond donors (Lipinski definition) is 0. The van der Waals surface area contributed by atoms with Gasteiger partial charge in [-0.25, -0.2) is 4.90 Å². The van der Waals surface area contributed by atoms with Crippen LogP contribution in [0.4, 0.5) is 5.69 Å². The van der Waals surface area contributed by atoms with E-state index in [1.165, 1.54) is 30.3 Å². The van der Waals surface area contributed by atoms with E-state index < -0.39 is 22.0 Å². The molecule has 154 valence electrons. The number of amides is 2. The lowest BCUT2D eigenvalue weighted by Gasteiger charge is -2.20.